The van der Waals surface area contributed by atoms with Crippen LogP contribution in [0.25, 0.3) is 0 Å². The van der Waals surface area contributed by atoms with Crippen molar-refractivity contribution in [3.8, 4) is 0 Å². The van der Waals surface area contributed by atoms with Gasteiger partial charge in [-0.25, -0.2) is 0 Å². The van der Waals surface area contributed by atoms with Crippen LogP contribution in [0.4, 0.5) is 17.1 Å². The smallest absolute Gasteiger partial charge is 0.224 e. The Hall–Kier alpha value is -2.37. The van der Waals surface area contributed by atoms with Crippen molar-refractivity contribution in [1.82, 2.24) is 0 Å². The van der Waals surface area contributed by atoms with Crippen LogP contribution in [-0.4, -0.2) is 35.8 Å². The number of benzene rings is 1. The lowest BCUT2D eigenvalue weighted by Gasteiger charge is -2.35. The van der Waals surface area contributed by atoms with Crippen LogP contribution in [0.3, 0.4) is 0 Å². The van der Waals surface area contributed by atoms with Crippen LogP contribution in [-0.2, 0) is 14.4 Å². The molecule has 0 atom stereocenters. The van der Waals surface area contributed by atoms with Crippen molar-refractivity contribution in [1.29, 1.82) is 0 Å². The van der Waals surface area contributed by atoms with Gasteiger partial charge in [-0.05, 0) is 56.7 Å². The number of anilines is 3. The Morgan fingerprint density at radius 1 is 0.515 bits per heavy atom. The number of rotatable bonds is 6. The van der Waals surface area contributed by atoms with Crippen molar-refractivity contribution in [3.05, 3.63) is 18.2 Å². The van der Waals surface area contributed by atoms with Crippen LogP contribution in [0.5, 0.6) is 0 Å². The summed E-state index contributed by atoms with van der Waals surface area (Å²) in [4.78, 5) is 44.3. The van der Waals surface area contributed by atoms with Crippen molar-refractivity contribution in [2.45, 2.75) is 116 Å². The van der Waals surface area contributed by atoms with Crippen LogP contribution in [0.2, 0.25) is 0 Å². The minimum Gasteiger partial charge on any atom is -0.309 e. The summed E-state index contributed by atoms with van der Waals surface area (Å²) in [7, 11) is 0. The van der Waals surface area contributed by atoms with Crippen LogP contribution in [0.15, 0.2) is 18.2 Å². The fourth-order valence-corrected chi connectivity index (χ4v) is 6.43. The van der Waals surface area contributed by atoms with E-state index < -0.39 is 0 Å². The second-order valence-corrected chi connectivity index (χ2v) is 10.2. The summed E-state index contributed by atoms with van der Waals surface area (Å²) >= 11 is 0. The average Bonchev–Trinajstić information content (AvgIpc) is 3.52. The summed E-state index contributed by atoms with van der Waals surface area (Å²) < 4.78 is 0. The molecule has 6 nitrogen and oxygen atoms in total. The van der Waals surface area contributed by atoms with E-state index in [1.165, 1.54) is 0 Å². The number of hydrogen-bond acceptors (Lipinski definition) is 3. The summed E-state index contributed by atoms with van der Waals surface area (Å²) in [5, 5.41) is 0. The first kappa shape index (κ1) is 23.8. The van der Waals surface area contributed by atoms with Gasteiger partial charge >= 0.3 is 0 Å². The highest BCUT2D eigenvalue weighted by Crippen LogP contribution is 2.39. The number of carbonyl (C=O) groups is 3. The summed E-state index contributed by atoms with van der Waals surface area (Å²) in [6.07, 6.45) is 12.8. The molecule has 4 rings (SSSR count). The summed E-state index contributed by atoms with van der Waals surface area (Å²) in [6.45, 7) is 4.89. The Morgan fingerprint density at radius 2 is 0.727 bits per heavy atom. The molecule has 3 aliphatic rings. The van der Waals surface area contributed by atoms with Crippen LogP contribution in [0, 0.1) is 0 Å². The van der Waals surface area contributed by atoms with Crippen molar-refractivity contribution >= 4 is 34.8 Å². The normalized spacial score (nSPS) is 19.7. The minimum absolute atomic E-state index is 0.0236. The van der Waals surface area contributed by atoms with Crippen molar-refractivity contribution < 1.29 is 14.4 Å². The van der Waals surface area contributed by atoms with Gasteiger partial charge in [-0.1, -0.05) is 38.5 Å². The highest BCUT2D eigenvalue weighted by molar-refractivity contribution is 5.99. The molecule has 0 radical (unpaired) electrons. The Balaban J connectivity index is 1.83. The number of nitrogens with zero attached hydrogens (tertiary/aromatic N) is 3. The molecule has 0 aromatic heterocycles. The van der Waals surface area contributed by atoms with E-state index in [1.54, 1.807) is 20.8 Å². The molecule has 1 aromatic carbocycles. The van der Waals surface area contributed by atoms with Gasteiger partial charge in [0.05, 0.1) is 0 Å². The van der Waals surface area contributed by atoms with Gasteiger partial charge in [-0.2, -0.15) is 0 Å². The summed E-state index contributed by atoms with van der Waals surface area (Å²) in [5.41, 5.74) is 2.45. The third-order valence-corrected chi connectivity index (χ3v) is 7.81. The first-order valence-corrected chi connectivity index (χ1v) is 12.9. The second kappa shape index (κ2) is 10.3. The maximum atomic E-state index is 12.8. The van der Waals surface area contributed by atoms with Gasteiger partial charge in [0, 0.05) is 56.0 Å². The van der Waals surface area contributed by atoms with Gasteiger partial charge in [0.25, 0.3) is 0 Å². The molecular formula is C27H39N3O3. The molecule has 1 aromatic rings. The topological polar surface area (TPSA) is 60.9 Å². The van der Waals surface area contributed by atoms with Crippen molar-refractivity contribution in [2.75, 3.05) is 14.7 Å². The zero-order valence-electron chi connectivity index (χ0n) is 20.5. The molecule has 0 saturated heterocycles. The fourth-order valence-electron chi connectivity index (χ4n) is 6.43. The van der Waals surface area contributed by atoms with Crippen molar-refractivity contribution in [3.63, 3.8) is 0 Å². The third-order valence-electron chi connectivity index (χ3n) is 7.81. The van der Waals surface area contributed by atoms with Crippen LogP contribution in [0.1, 0.15) is 97.8 Å². The van der Waals surface area contributed by atoms with E-state index in [-0.39, 0.29) is 35.8 Å². The Kier molecular flexibility index (Phi) is 7.40. The van der Waals surface area contributed by atoms with E-state index >= 15 is 0 Å². The molecule has 0 N–H and O–H groups in total. The molecule has 180 valence electrons. The number of hydrogen-bond donors (Lipinski definition) is 0. The lowest BCUT2D eigenvalue weighted by atomic mass is 10.1. The third kappa shape index (κ3) is 5.10. The Bertz CT molecular complexity index is 754. The van der Waals surface area contributed by atoms with Gasteiger partial charge in [-0.15, -0.1) is 0 Å². The minimum atomic E-state index is 0.0236. The Morgan fingerprint density at radius 3 is 0.909 bits per heavy atom. The number of carbonyl (C=O) groups excluding carboxylic acids is 3. The lowest BCUT2D eigenvalue weighted by molar-refractivity contribution is -0.117. The molecule has 3 fully saturated rings. The summed E-state index contributed by atoms with van der Waals surface area (Å²) in [5.74, 6) is 0.0708. The molecule has 0 bridgehead atoms. The molecule has 3 aliphatic carbocycles. The second-order valence-electron chi connectivity index (χ2n) is 10.2. The van der Waals surface area contributed by atoms with Gasteiger partial charge in [-0.3, -0.25) is 14.4 Å². The highest BCUT2D eigenvalue weighted by Gasteiger charge is 2.32. The van der Waals surface area contributed by atoms with E-state index in [0.717, 1.165) is 94.1 Å². The van der Waals surface area contributed by atoms with Crippen LogP contribution < -0.4 is 14.7 Å². The molecule has 3 saturated carbocycles. The predicted octanol–water partition coefficient (Wildman–Crippen LogP) is 5.57. The zero-order valence-corrected chi connectivity index (χ0v) is 20.5. The monoisotopic (exact) mass is 453 g/mol. The molecule has 0 aliphatic heterocycles. The van der Waals surface area contributed by atoms with Gasteiger partial charge in [0.1, 0.15) is 0 Å². The molecular weight excluding hydrogens is 414 g/mol. The fraction of sp³-hybridized carbons (Fsp3) is 0.667. The van der Waals surface area contributed by atoms with Crippen LogP contribution >= 0.6 is 0 Å². The Labute approximate surface area is 198 Å². The standard InChI is InChI=1S/C27H39N3O3/c1-19(31)28(22-10-4-5-11-22)25-16-26(29(20(2)32)23-12-6-7-13-23)18-27(17-25)30(21(3)33)24-14-8-9-15-24/h16-18,22-24H,4-15H2,1-3H3. The maximum Gasteiger partial charge on any atom is 0.224 e. The lowest BCUT2D eigenvalue weighted by Crippen LogP contribution is -2.41. The first-order chi connectivity index (χ1) is 15.9. The van der Waals surface area contributed by atoms with E-state index in [1.807, 2.05) is 32.9 Å². The molecule has 33 heavy (non-hydrogen) atoms. The van der Waals surface area contributed by atoms with Gasteiger partial charge < -0.3 is 14.7 Å². The van der Waals surface area contributed by atoms with Gasteiger partial charge in [0.2, 0.25) is 17.7 Å². The number of amides is 3. The summed E-state index contributed by atoms with van der Waals surface area (Å²) in [6, 6.07) is 6.57. The predicted molar refractivity (Wildman–Crippen MR) is 133 cm³/mol. The molecule has 0 heterocycles. The zero-order chi connectivity index (χ0) is 23.5. The molecule has 6 heteroatoms. The van der Waals surface area contributed by atoms with Gasteiger partial charge in [0.15, 0.2) is 0 Å². The van der Waals surface area contributed by atoms with E-state index in [9.17, 15) is 14.4 Å². The quantitative estimate of drug-likeness (QED) is 0.565. The first-order valence-electron chi connectivity index (χ1n) is 12.9. The SMILES string of the molecule is CC(=O)N(c1cc(N(C(C)=O)C2CCCC2)cc(N(C(C)=O)C2CCCC2)c1)C1CCCC1. The highest BCUT2D eigenvalue weighted by atomic mass is 16.2. The molecule has 3 amide bonds. The van der Waals surface area contributed by atoms with E-state index in [2.05, 4.69) is 0 Å². The average molecular weight is 454 g/mol. The van der Waals surface area contributed by atoms with Crippen molar-refractivity contribution in [2.24, 2.45) is 0 Å². The van der Waals surface area contributed by atoms with E-state index in [4.69, 9.17) is 0 Å². The molecule has 0 spiro atoms. The van der Waals surface area contributed by atoms with E-state index in [0.29, 0.717) is 0 Å². The maximum absolute atomic E-state index is 12.8. The molecule has 0 unspecified atom stereocenters. The largest absolute Gasteiger partial charge is 0.309 e.